The van der Waals surface area contributed by atoms with Crippen LogP contribution in [0.15, 0.2) is 73.1 Å². The van der Waals surface area contributed by atoms with Crippen molar-refractivity contribution < 1.29 is 19.4 Å². The van der Waals surface area contributed by atoms with Gasteiger partial charge in [-0.05, 0) is 56.2 Å². The van der Waals surface area contributed by atoms with Crippen LogP contribution in [0.5, 0.6) is 5.75 Å². The maximum Gasteiger partial charge on any atom is 0.295 e. The Morgan fingerprint density at radius 2 is 1.88 bits per heavy atom. The molecule has 8 nitrogen and oxygen atoms in total. The Hall–Kier alpha value is -3.94. The zero-order chi connectivity index (χ0) is 23.4. The molecule has 2 aromatic heterocycles. The second kappa shape index (κ2) is 9.68. The summed E-state index contributed by atoms with van der Waals surface area (Å²) >= 11 is 0. The van der Waals surface area contributed by atoms with E-state index in [1.807, 2.05) is 24.6 Å². The molecule has 33 heavy (non-hydrogen) atoms. The third kappa shape index (κ3) is 4.79. The first-order chi connectivity index (χ1) is 16.0. The van der Waals surface area contributed by atoms with Crippen molar-refractivity contribution in [2.24, 2.45) is 0 Å². The predicted molar refractivity (Wildman–Crippen MR) is 122 cm³/mol. The summed E-state index contributed by atoms with van der Waals surface area (Å²) in [7, 11) is 0. The van der Waals surface area contributed by atoms with Crippen LogP contribution < -0.4 is 4.74 Å². The monoisotopic (exact) mass is 446 g/mol. The zero-order valence-corrected chi connectivity index (χ0v) is 18.6. The highest BCUT2D eigenvalue weighted by molar-refractivity contribution is 6.46. The van der Waals surface area contributed by atoms with Crippen molar-refractivity contribution in [2.75, 3.05) is 6.54 Å². The molecule has 3 heterocycles. The number of carbonyl (C=O) groups excluding carboxylic acids is 2. The molecular formula is C25H26N4O4. The van der Waals surface area contributed by atoms with E-state index in [4.69, 9.17) is 4.74 Å². The third-order valence-corrected chi connectivity index (χ3v) is 5.41. The summed E-state index contributed by atoms with van der Waals surface area (Å²) in [6.45, 7) is 4.85. The van der Waals surface area contributed by atoms with Gasteiger partial charge >= 0.3 is 0 Å². The number of likely N-dealkylation sites (tertiary alicyclic amines) is 1. The van der Waals surface area contributed by atoms with E-state index in [0.29, 0.717) is 36.4 Å². The minimum Gasteiger partial charge on any atom is -0.507 e. The van der Waals surface area contributed by atoms with Crippen molar-refractivity contribution in [3.05, 3.63) is 84.2 Å². The van der Waals surface area contributed by atoms with Gasteiger partial charge in [-0.3, -0.25) is 14.6 Å². The SMILES string of the molecule is CC(C)Oc1ccc(/C(O)=C2/C(=O)C(=O)N(CCCn3ccnc3)C2c2cccnc2)cc1. The second-order valence-electron chi connectivity index (χ2n) is 8.12. The summed E-state index contributed by atoms with van der Waals surface area (Å²) in [4.78, 5) is 35.7. The number of nitrogens with zero attached hydrogens (tertiary/aromatic N) is 4. The Labute approximate surface area is 192 Å². The Morgan fingerprint density at radius 1 is 1.09 bits per heavy atom. The van der Waals surface area contributed by atoms with Crippen molar-refractivity contribution in [1.82, 2.24) is 19.4 Å². The van der Waals surface area contributed by atoms with Crippen molar-refractivity contribution >= 4 is 17.4 Å². The van der Waals surface area contributed by atoms with Crippen molar-refractivity contribution in [3.63, 3.8) is 0 Å². The van der Waals surface area contributed by atoms with Gasteiger partial charge in [0.1, 0.15) is 11.5 Å². The van der Waals surface area contributed by atoms with E-state index in [2.05, 4.69) is 9.97 Å². The predicted octanol–water partition coefficient (Wildman–Crippen LogP) is 3.58. The van der Waals surface area contributed by atoms with Crippen molar-refractivity contribution in [1.29, 1.82) is 0 Å². The van der Waals surface area contributed by atoms with Crippen LogP contribution in [0, 0.1) is 0 Å². The smallest absolute Gasteiger partial charge is 0.295 e. The number of aliphatic hydroxyl groups excluding tert-OH is 1. The number of hydrogen-bond acceptors (Lipinski definition) is 6. The lowest BCUT2D eigenvalue weighted by molar-refractivity contribution is -0.139. The van der Waals surface area contributed by atoms with Crippen molar-refractivity contribution in [3.8, 4) is 5.75 Å². The number of carbonyl (C=O) groups is 2. The Kier molecular flexibility index (Phi) is 6.53. The van der Waals surface area contributed by atoms with E-state index in [1.54, 1.807) is 61.3 Å². The van der Waals surface area contributed by atoms with E-state index in [-0.39, 0.29) is 17.4 Å². The molecule has 8 heteroatoms. The molecular weight excluding hydrogens is 420 g/mol. The maximum absolute atomic E-state index is 13.0. The fraction of sp³-hybridized carbons (Fsp3) is 0.280. The summed E-state index contributed by atoms with van der Waals surface area (Å²) in [5.74, 6) is -0.886. The summed E-state index contributed by atoms with van der Waals surface area (Å²) in [5.41, 5.74) is 1.17. The van der Waals surface area contributed by atoms with E-state index >= 15 is 0 Å². The van der Waals surface area contributed by atoms with Crippen LogP contribution in [0.3, 0.4) is 0 Å². The summed E-state index contributed by atoms with van der Waals surface area (Å²) in [6, 6.07) is 9.66. The van der Waals surface area contributed by atoms with E-state index in [9.17, 15) is 14.7 Å². The first kappa shape index (κ1) is 22.3. The van der Waals surface area contributed by atoms with E-state index < -0.39 is 17.7 Å². The summed E-state index contributed by atoms with van der Waals surface area (Å²) in [6.07, 6.45) is 9.14. The summed E-state index contributed by atoms with van der Waals surface area (Å²) < 4.78 is 7.57. The van der Waals surface area contributed by atoms with Crippen molar-refractivity contribution in [2.45, 2.75) is 39.0 Å². The highest BCUT2D eigenvalue weighted by atomic mass is 16.5. The molecule has 1 amide bonds. The number of aliphatic hydroxyl groups is 1. The fourth-order valence-electron chi connectivity index (χ4n) is 3.96. The van der Waals surface area contributed by atoms with Gasteiger partial charge in [-0.25, -0.2) is 4.98 Å². The van der Waals surface area contributed by atoms with Gasteiger partial charge in [-0.2, -0.15) is 0 Å². The molecule has 0 radical (unpaired) electrons. The first-order valence-corrected chi connectivity index (χ1v) is 10.9. The molecule has 1 aliphatic heterocycles. The fourth-order valence-corrected chi connectivity index (χ4v) is 3.96. The van der Waals surface area contributed by atoms with Gasteiger partial charge in [0, 0.05) is 43.4 Å². The average Bonchev–Trinajstić information content (AvgIpc) is 3.41. The van der Waals surface area contributed by atoms with Crippen LogP contribution >= 0.6 is 0 Å². The number of hydrogen-bond donors (Lipinski definition) is 1. The molecule has 1 aromatic carbocycles. The number of imidazole rings is 1. The van der Waals surface area contributed by atoms with Gasteiger partial charge in [0.15, 0.2) is 0 Å². The largest absolute Gasteiger partial charge is 0.507 e. The van der Waals surface area contributed by atoms with Crippen LogP contribution in [0.4, 0.5) is 0 Å². The van der Waals surface area contributed by atoms with Crippen LogP contribution in [0.2, 0.25) is 0 Å². The van der Waals surface area contributed by atoms with Crippen LogP contribution in [0.1, 0.15) is 37.4 Å². The molecule has 1 saturated heterocycles. The molecule has 1 fully saturated rings. The highest BCUT2D eigenvalue weighted by Gasteiger charge is 2.45. The van der Waals surface area contributed by atoms with Gasteiger partial charge in [-0.1, -0.05) is 6.07 Å². The quantitative estimate of drug-likeness (QED) is 0.323. The Bertz CT molecular complexity index is 1140. The third-order valence-electron chi connectivity index (χ3n) is 5.41. The van der Waals surface area contributed by atoms with Gasteiger partial charge in [0.2, 0.25) is 0 Å². The lowest BCUT2D eigenvalue weighted by atomic mass is 9.96. The number of aryl methyl sites for hydroxylation is 1. The maximum atomic E-state index is 13.0. The zero-order valence-electron chi connectivity index (χ0n) is 18.6. The number of aromatic nitrogens is 3. The molecule has 0 spiro atoms. The number of ketones is 1. The molecule has 1 unspecified atom stereocenters. The molecule has 4 rings (SSSR count). The van der Waals surface area contributed by atoms with Gasteiger partial charge in [0.25, 0.3) is 11.7 Å². The molecule has 1 atom stereocenters. The molecule has 0 aliphatic carbocycles. The molecule has 1 aliphatic rings. The number of benzene rings is 1. The molecule has 3 aromatic rings. The molecule has 0 bridgehead atoms. The van der Waals surface area contributed by atoms with E-state index in [0.717, 1.165) is 0 Å². The van der Waals surface area contributed by atoms with Gasteiger partial charge in [-0.15, -0.1) is 0 Å². The number of ether oxygens (including phenoxy) is 1. The Morgan fingerprint density at radius 3 is 2.52 bits per heavy atom. The van der Waals surface area contributed by atoms with Gasteiger partial charge in [0.05, 0.1) is 24.0 Å². The number of Topliss-reactive ketones (excluding diaryl/α,β-unsaturated/α-hetero) is 1. The lowest BCUT2D eigenvalue weighted by Crippen LogP contribution is -2.31. The molecule has 170 valence electrons. The summed E-state index contributed by atoms with van der Waals surface area (Å²) in [5, 5.41) is 11.1. The van der Waals surface area contributed by atoms with Crippen LogP contribution in [-0.4, -0.2) is 48.9 Å². The number of pyridine rings is 1. The number of amides is 1. The topological polar surface area (TPSA) is 97.6 Å². The number of rotatable bonds is 8. The minimum atomic E-state index is -0.715. The standard InChI is InChI=1S/C25H26N4O4/c1-17(2)33-20-8-6-18(7-9-20)23(30)21-22(19-5-3-10-26-15-19)29(25(32)24(21)31)13-4-12-28-14-11-27-16-28/h3,5-11,14-17,22,30H,4,12-13H2,1-2H3/b23-21-. The second-order valence-corrected chi connectivity index (χ2v) is 8.12. The lowest BCUT2D eigenvalue weighted by Gasteiger charge is -2.25. The normalized spacial score (nSPS) is 17.7. The average molecular weight is 447 g/mol. The highest BCUT2D eigenvalue weighted by Crippen LogP contribution is 2.39. The van der Waals surface area contributed by atoms with E-state index in [1.165, 1.54) is 4.90 Å². The molecule has 0 saturated carbocycles. The molecule has 1 N–H and O–H groups in total. The minimum absolute atomic E-state index is 0.0164. The Balaban J connectivity index is 1.67. The van der Waals surface area contributed by atoms with Crippen LogP contribution in [0.25, 0.3) is 5.76 Å². The first-order valence-electron chi connectivity index (χ1n) is 10.9. The van der Waals surface area contributed by atoms with Gasteiger partial charge < -0.3 is 19.3 Å². The van der Waals surface area contributed by atoms with Crippen LogP contribution in [-0.2, 0) is 16.1 Å².